The van der Waals surface area contributed by atoms with E-state index in [1.54, 1.807) is 30.3 Å². The van der Waals surface area contributed by atoms with Gasteiger partial charge in [0.15, 0.2) is 11.5 Å². The molecule has 1 fully saturated rings. The summed E-state index contributed by atoms with van der Waals surface area (Å²) < 4.78 is 5.73. The average Bonchev–Trinajstić information content (AvgIpc) is 2.84. The smallest absolute Gasteiger partial charge is 0.333 e. The zero-order valence-electron chi connectivity index (χ0n) is 12.9. The highest BCUT2D eigenvalue weighted by atomic mass is 79.9. The first-order valence-corrected chi connectivity index (χ1v) is 8.27. The van der Waals surface area contributed by atoms with Crippen molar-refractivity contribution >= 4 is 51.2 Å². The van der Waals surface area contributed by atoms with E-state index in [-0.39, 0.29) is 17.2 Å². The lowest BCUT2D eigenvalue weighted by Gasteiger charge is -2.11. The van der Waals surface area contributed by atoms with Crippen molar-refractivity contribution in [3.63, 3.8) is 0 Å². The van der Waals surface area contributed by atoms with Crippen LogP contribution in [0.3, 0.4) is 0 Å². The molecule has 0 bridgehead atoms. The number of carbonyl (C=O) groups is 2. The van der Waals surface area contributed by atoms with Crippen molar-refractivity contribution in [3.05, 3.63) is 57.2 Å². The number of phenolic OH excluding ortho intramolecular Hbond substituents is 1. The highest BCUT2D eigenvalue weighted by molar-refractivity contribution is 9.10. The molecule has 0 radical (unpaired) electrons. The quantitative estimate of drug-likeness (QED) is 0.579. The number of amides is 3. The van der Waals surface area contributed by atoms with Gasteiger partial charge in [-0.2, -0.15) is 0 Å². The van der Waals surface area contributed by atoms with Gasteiger partial charge in [-0.3, -0.25) is 4.79 Å². The third-order valence-electron chi connectivity index (χ3n) is 3.53. The molecule has 1 aliphatic rings. The number of halogens is 2. The molecule has 2 N–H and O–H groups in total. The van der Waals surface area contributed by atoms with Crippen molar-refractivity contribution in [1.29, 1.82) is 0 Å². The Morgan fingerprint density at radius 3 is 2.72 bits per heavy atom. The Balaban J connectivity index is 2.00. The van der Waals surface area contributed by atoms with Crippen LogP contribution in [0.2, 0.25) is 5.02 Å². The van der Waals surface area contributed by atoms with Crippen molar-refractivity contribution in [2.24, 2.45) is 0 Å². The second kappa shape index (κ2) is 6.78. The number of rotatable bonds is 3. The highest BCUT2D eigenvalue weighted by Crippen LogP contribution is 2.35. The summed E-state index contributed by atoms with van der Waals surface area (Å²) in [5.74, 6) is -0.447. The Bertz CT molecular complexity index is 914. The van der Waals surface area contributed by atoms with Gasteiger partial charge in [0, 0.05) is 15.1 Å². The molecule has 1 heterocycles. The molecule has 25 heavy (non-hydrogen) atoms. The minimum Gasteiger partial charge on any atom is -0.504 e. The number of aromatic hydroxyl groups is 1. The summed E-state index contributed by atoms with van der Waals surface area (Å²) in [7, 11) is 1.42. The summed E-state index contributed by atoms with van der Waals surface area (Å²) in [6.07, 6.45) is 1.38. The zero-order chi connectivity index (χ0) is 18.1. The van der Waals surface area contributed by atoms with Crippen LogP contribution in [0.25, 0.3) is 6.08 Å². The van der Waals surface area contributed by atoms with Crippen LogP contribution in [-0.2, 0) is 4.79 Å². The van der Waals surface area contributed by atoms with Gasteiger partial charge in [0.25, 0.3) is 5.91 Å². The second-order valence-electron chi connectivity index (χ2n) is 5.15. The molecule has 0 spiro atoms. The number of anilines is 1. The topological polar surface area (TPSA) is 78.9 Å². The van der Waals surface area contributed by atoms with Crippen LogP contribution in [0.5, 0.6) is 11.5 Å². The molecule has 6 nitrogen and oxygen atoms in total. The van der Waals surface area contributed by atoms with Crippen molar-refractivity contribution < 1.29 is 19.4 Å². The Morgan fingerprint density at radius 2 is 2.04 bits per heavy atom. The molecule has 1 aliphatic heterocycles. The molecule has 8 heteroatoms. The fraction of sp³-hybridized carbons (Fsp3) is 0.0588. The van der Waals surface area contributed by atoms with Crippen LogP contribution in [0.1, 0.15) is 5.56 Å². The maximum atomic E-state index is 12.6. The number of ether oxygens (including phenoxy) is 1. The normalized spacial score (nSPS) is 15.6. The number of nitrogens with one attached hydrogen (secondary N) is 1. The monoisotopic (exact) mass is 422 g/mol. The number of urea groups is 1. The number of imide groups is 1. The number of carbonyl (C=O) groups excluding carboxylic acids is 2. The van der Waals surface area contributed by atoms with E-state index in [0.717, 1.165) is 4.90 Å². The molecular formula is C17H12BrClN2O4. The zero-order valence-corrected chi connectivity index (χ0v) is 15.3. The van der Waals surface area contributed by atoms with Gasteiger partial charge in [-0.1, -0.05) is 33.6 Å². The van der Waals surface area contributed by atoms with Gasteiger partial charge in [-0.05, 0) is 36.4 Å². The Kier molecular flexibility index (Phi) is 4.69. The third kappa shape index (κ3) is 3.33. The van der Waals surface area contributed by atoms with Crippen LogP contribution < -0.4 is 15.0 Å². The summed E-state index contributed by atoms with van der Waals surface area (Å²) in [5, 5.41) is 13.1. The van der Waals surface area contributed by atoms with Gasteiger partial charge in [0.2, 0.25) is 0 Å². The summed E-state index contributed by atoms with van der Waals surface area (Å²) in [5.41, 5.74) is 0.706. The molecule has 2 aromatic carbocycles. The van der Waals surface area contributed by atoms with E-state index >= 15 is 0 Å². The van der Waals surface area contributed by atoms with Crippen LogP contribution in [0.15, 0.2) is 46.6 Å². The Labute approximate surface area is 156 Å². The van der Waals surface area contributed by atoms with E-state index in [1.165, 1.54) is 19.3 Å². The predicted molar refractivity (Wildman–Crippen MR) is 97.8 cm³/mol. The molecule has 0 atom stereocenters. The number of hydrogen-bond acceptors (Lipinski definition) is 4. The maximum absolute atomic E-state index is 12.6. The molecule has 3 rings (SSSR count). The van der Waals surface area contributed by atoms with Crippen molar-refractivity contribution in [1.82, 2.24) is 5.32 Å². The van der Waals surface area contributed by atoms with E-state index in [1.807, 2.05) is 0 Å². The number of nitrogens with zero attached hydrogens (tertiary/aromatic N) is 1. The number of phenols is 1. The summed E-state index contributed by atoms with van der Waals surface area (Å²) in [6.45, 7) is 0. The Hall–Kier alpha value is -2.51. The van der Waals surface area contributed by atoms with Crippen LogP contribution in [0.4, 0.5) is 10.5 Å². The van der Waals surface area contributed by atoms with Crippen molar-refractivity contribution in [3.8, 4) is 11.5 Å². The van der Waals surface area contributed by atoms with Gasteiger partial charge < -0.3 is 15.2 Å². The minimum atomic E-state index is -0.597. The van der Waals surface area contributed by atoms with Crippen molar-refractivity contribution in [2.75, 3.05) is 12.0 Å². The van der Waals surface area contributed by atoms with Crippen LogP contribution in [0, 0.1) is 0 Å². The van der Waals surface area contributed by atoms with Gasteiger partial charge in [-0.25, -0.2) is 9.69 Å². The second-order valence-corrected chi connectivity index (χ2v) is 6.51. The third-order valence-corrected chi connectivity index (χ3v) is 4.23. The average molecular weight is 424 g/mol. The first-order chi connectivity index (χ1) is 11.9. The molecular weight excluding hydrogens is 412 g/mol. The van der Waals surface area contributed by atoms with Crippen molar-refractivity contribution in [2.45, 2.75) is 0 Å². The molecule has 2 aromatic rings. The van der Waals surface area contributed by atoms with Crippen LogP contribution in [-0.4, -0.2) is 24.2 Å². The van der Waals surface area contributed by atoms with Gasteiger partial charge in [-0.15, -0.1) is 0 Å². The SMILES string of the molecule is COc1cc(Br)cc(C=C2NC(=O)N(c3cccc(Cl)c3)C2=O)c1O. The first kappa shape index (κ1) is 17.3. The summed E-state index contributed by atoms with van der Waals surface area (Å²) in [4.78, 5) is 25.8. The number of hydrogen-bond donors (Lipinski definition) is 2. The maximum Gasteiger partial charge on any atom is 0.333 e. The van der Waals surface area contributed by atoms with E-state index in [2.05, 4.69) is 21.2 Å². The highest BCUT2D eigenvalue weighted by Gasteiger charge is 2.35. The number of methoxy groups -OCH3 is 1. The summed E-state index contributed by atoms with van der Waals surface area (Å²) >= 11 is 9.22. The van der Waals surface area contributed by atoms with E-state index in [4.69, 9.17) is 16.3 Å². The van der Waals surface area contributed by atoms with E-state index in [9.17, 15) is 14.7 Å². The fourth-order valence-electron chi connectivity index (χ4n) is 2.40. The minimum absolute atomic E-state index is 0.0282. The lowest BCUT2D eigenvalue weighted by Crippen LogP contribution is -2.30. The predicted octanol–water partition coefficient (Wildman–Crippen LogP) is 3.91. The van der Waals surface area contributed by atoms with E-state index < -0.39 is 11.9 Å². The summed E-state index contributed by atoms with van der Waals surface area (Å²) in [6, 6.07) is 9.00. The largest absolute Gasteiger partial charge is 0.504 e. The first-order valence-electron chi connectivity index (χ1n) is 7.10. The molecule has 0 aliphatic carbocycles. The Morgan fingerprint density at radius 1 is 1.28 bits per heavy atom. The standard InChI is InChI=1S/C17H12BrClN2O4/c1-25-14-7-10(18)5-9(15(14)22)6-13-16(23)21(17(24)20-13)12-4-2-3-11(19)8-12/h2-8,22H,1H3,(H,20,24). The van der Waals surface area contributed by atoms with E-state index in [0.29, 0.717) is 20.7 Å². The fourth-order valence-corrected chi connectivity index (χ4v) is 3.04. The molecule has 0 unspecified atom stereocenters. The number of benzene rings is 2. The lowest BCUT2D eigenvalue weighted by atomic mass is 10.1. The molecule has 128 valence electrons. The van der Waals surface area contributed by atoms with Gasteiger partial charge in [0.05, 0.1) is 12.8 Å². The molecule has 3 amide bonds. The molecule has 0 aromatic heterocycles. The van der Waals surface area contributed by atoms with Gasteiger partial charge >= 0.3 is 6.03 Å². The molecule has 1 saturated heterocycles. The molecule has 0 saturated carbocycles. The van der Waals surface area contributed by atoms with Gasteiger partial charge in [0.1, 0.15) is 5.70 Å². The lowest BCUT2D eigenvalue weighted by molar-refractivity contribution is -0.113. The van der Waals surface area contributed by atoms with Crippen LogP contribution >= 0.6 is 27.5 Å².